The third-order valence-electron chi connectivity index (χ3n) is 5.43. The fraction of sp³-hybridized carbons (Fsp3) is 0.421. The molecule has 1 aromatic heterocycles. The number of benzene rings is 1. The smallest absolute Gasteiger partial charge is 0.344 e. The van der Waals surface area contributed by atoms with Gasteiger partial charge in [-0.1, -0.05) is 12.1 Å². The summed E-state index contributed by atoms with van der Waals surface area (Å²) in [5, 5.41) is 3.41. The van der Waals surface area contributed by atoms with Crippen molar-refractivity contribution in [2.45, 2.75) is 37.0 Å². The Morgan fingerprint density at radius 1 is 1.19 bits per heavy atom. The third-order valence-corrected chi connectivity index (χ3v) is 5.43. The van der Waals surface area contributed by atoms with E-state index < -0.39 is 17.3 Å². The minimum atomic E-state index is -4.36. The molecule has 5 nitrogen and oxygen atoms in total. The molecule has 8 heteroatoms. The zero-order valence-corrected chi connectivity index (χ0v) is 14.8. The summed E-state index contributed by atoms with van der Waals surface area (Å²) >= 11 is 0. The Morgan fingerprint density at radius 2 is 1.93 bits per heavy atom. The van der Waals surface area contributed by atoms with Gasteiger partial charge in [-0.3, -0.25) is 10.1 Å². The molecule has 0 saturated carbocycles. The van der Waals surface area contributed by atoms with Gasteiger partial charge >= 0.3 is 6.18 Å². The number of halogens is 3. The van der Waals surface area contributed by atoms with Crippen molar-refractivity contribution in [2.24, 2.45) is 0 Å². The van der Waals surface area contributed by atoms with Gasteiger partial charge in [0, 0.05) is 25.4 Å². The normalized spacial score (nSPS) is 25.6. The molecule has 2 aromatic rings. The maximum atomic E-state index is 12.7. The van der Waals surface area contributed by atoms with Gasteiger partial charge in [-0.05, 0) is 37.5 Å². The largest absolute Gasteiger partial charge is 0.416 e. The molecule has 0 bridgehead atoms. The molecule has 1 amide bonds. The number of amides is 1. The van der Waals surface area contributed by atoms with Crippen LogP contribution < -0.4 is 5.32 Å². The number of carbonyl (C=O) groups excluding carboxylic acids is 1. The highest BCUT2D eigenvalue weighted by Crippen LogP contribution is 2.38. The fourth-order valence-corrected chi connectivity index (χ4v) is 3.89. The number of aromatic nitrogens is 2. The van der Waals surface area contributed by atoms with Crippen LogP contribution in [0.15, 0.2) is 36.5 Å². The zero-order chi connectivity index (χ0) is 19.2. The molecule has 2 atom stereocenters. The molecule has 1 N–H and O–H groups in total. The number of alkyl halides is 3. The number of likely N-dealkylation sites (N-methyl/N-ethyl adjacent to an activating group) is 1. The Labute approximate surface area is 154 Å². The molecule has 4 rings (SSSR count). The quantitative estimate of drug-likeness (QED) is 0.875. The minimum absolute atomic E-state index is 0.101. The van der Waals surface area contributed by atoms with Crippen molar-refractivity contribution in [3.63, 3.8) is 0 Å². The van der Waals surface area contributed by atoms with Gasteiger partial charge in [0.05, 0.1) is 17.3 Å². The van der Waals surface area contributed by atoms with E-state index in [1.807, 2.05) is 0 Å². The number of rotatable bonds is 2. The highest BCUT2D eigenvalue weighted by molar-refractivity contribution is 5.88. The van der Waals surface area contributed by atoms with E-state index in [2.05, 4.69) is 15.3 Å². The second kappa shape index (κ2) is 6.30. The van der Waals surface area contributed by atoms with Crippen LogP contribution in [-0.4, -0.2) is 39.9 Å². The van der Waals surface area contributed by atoms with Crippen LogP contribution in [0.4, 0.5) is 13.2 Å². The Hall–Kier alpha value is -2.48. The Kier molecular flexibility index (Phi) is 4.18. The average molecular weight is 376 g/mol. The van der Waals surface area contributed by atoms with Gasteiger partial charge in [0.2, 0.25) is 5.91 Å². The summed E-state index contributed by atoms with van der Waals surface area (Å²) in [6.45, 7) is 0.727. The molecule has 27 heavy (non-hydrogen) atoms. The van der Waals surface area contributed by atoms with Gasteiger partial charge in [0.25, 0.3) is 0 Å². The Balaban J connectivity index is 1.56. The second-order valence-electron chi connectivity index (χ2n) is 7.17. The molecular weight excluding hydrogens is 357 g/mol. The summed E-state index contributed by atoms with van der Waals surface area (Å²) in [5.41, 5.74) is -0.0705. The second-order valence-corrected chi connectivity index (χ2v) is 7.17. The summed E-state index contributed by atoms with van der Waals surface area (Å²) in [7, 11) is 1.80. The van der Waals surface area contributed by atoms with Crippen LogP contribution in [0.3, 0.4) is 0 Å². The minimum Gasteiger partial charge on any atom is -0.344 e. The zero-order valence-electron chi connectivity index (χ0n) is 14.8. The summed E-state index contributed by atoms with van der Waals surface area (Å²) in [5.74, 6) is 0.663. The van der Waals surface area contributed by atoms with E-state index in [4.69, 9.17) is 0 Å². The number of nitrogens with one attached hydrogen (secondary N) is 1. The standard InChI is InChI=1S/C19H19F3N4O/c1-26-11-9-18(17(26)27)8-6-15(25-18)16-23-10-7-14(24-16)12-2-4-13(5-3-12)19(20,21)22/h2-5,7,10,15,25H,6,8-9,11H2,1H3. The molecular formula is C19H19F3N4O. The van der Waals surface area contributed by atoms with Gasteiger partial charge in [-0.25, -0.2) is 9.97 Å². The first-order chi connectivity index (χ1) is 12.8. The van der Waals surface area contributed by atoms with E-state index >= 15 is 0 Å². The van der Waals surface area contributed by atoms with Crippen LogP contribution in [-0.2, 0) is 11.0 Å². The van der Waals surface area contributed by atoms with Gasteiger partial charge in [0.1, 0.15) is 11.4 Å². The summed E-state index contributed by atoms with van der Waals surface area (Å²) in [6, 6.07) is 6.45. The lowest BCUT2D eigenvalue weighted by Crippen LogP contribution is -2.47. The van der Waals surface area contributed by atoms with Gasteiger partial charge in [-0.2, -0.15) is 13.2 Å². The molecule has 2 saturated heterocycles. The summed E-state index contributed by atoms with van der Waals surface area (Å²) in [4.78, 5) is 23.0. The first kappa shape index (κ1) is 17.9. The molecule has 142 valence electrons. The van der Waals surface area contributed by atoms with Gasteiger partial charge < -0.3 is 4.90 Å². The van der Waals surface area contributed by atoms with E-state index in [0.717, 1.165) is 37.9 Å². The molecule has 1 spiro atoms. The van der Waals surface area contributed by atoms with E-state index in [-0.39, 0.29) is 11.9 Å². The number of carbonyl (C=O) groups is 1. The van der Waals surface area contributed by atoms with Crippen LogP contribution in [0, 0.1) is 0 Å². The van der Waals surface area contributed by atoms with Gasteiger partial charge in [0.15, 0.2) is 0 Å². The van der Waals surface area contributed by atoms with Crippen LogP contribution in [0.5, 0.6) is 0 Å². The summed E-state index contributed by atoms with van der Waals surface area (Å²) in [6.07, 6.45) is -0.523. The van der Waals surface area contributed by atoms with Crippen molar-refractivity contribution < 1.29 is 18.0 Å². The number of nitrogens with zero attached hydrogens (tertiary/aromatic N) is 3. The Bertz CT molecular complexity index is 868. The monoisotopic (exact) mass is 376 g/mol. The fourth-order valence-electron chi connectivity index (χ4n) is 3.89. The molecule has 2 unspecified atom stereocenters. The number of hydrogen-bond donors (Lipinski definition) is 1. The molecule has 3 heterocycles. The number of hydrogen-bond acceptors (Lipinski definition) is 4. The van der Waals surface area contributed by atoms with Crippen LogP contribution in [0.1, 0.15) is 36.7 Å². The maximum Gasteiger partial charge on any atom is 0.416 e. The predicted molar refractivity (Wildman–Crippen MR) is 92.6 cm³/mol. The molecule has 0 aliphatic carbocycles. The lowest BCUT2D eigenvalue weighted by atomic mass is 9.96. The van der Waals surface area contributed by atoms with E-state index in [1.165, 1.54) is 12.1 Å². The van der Waals surface area contributed by atoms with Crippen LogP contribution in [0.2, 0.25) is 0 Å². The summed E-state index contributed by atoms with van der Waals surface area (Å²) < 4.78 is 38.2. The van der Waals surface area contributed by atoms with Crippen molar-refractivity contribution in [3.05, 3.63) is 47.9 Å². The first-order valence-corrected chi connectivity index (χ1v) is 8.82. The average Bonchev–Trinajstić information content (AvgIpc) is 3.21. The van der Waals surface area contributed by atoms with Crippen molar-refractivity contribution in [2.75, 3.05) is 13.6 Å². The van der Waals surface area contributed by atoms with Crippen molar-refractivity contribution in [1.29, 1.82) is 0 Å². The lowest BCUT2D eigenvalue weighted by Gasteiger charge is -2.23. The van der Waals surface area contributed by atoms with Gasteiger partial charge in [-0.15, -0.1) is 0 Å². The highest BCUT2D eigenvalue weighted by Gasteiger charge is 2.50. The SMILES string of the molecule is CN1CCC2(CCC(c3nccc(-c4ccc(C(F)(F)F)cc4)n3)N2)C1=O. The van der Waals surface area contributed by atoms with Crippen LogP contribution in [0.25, 0.3) is 11.3 Å². The van der Waals surface area contributed by atoms with E-state index in [1.54, 1.807) is 24.2 Å². The van der Waals surface area contributed by atoms with Crippen molar-refractivity contribution in [1.82, 2.24) is 20.2 Å². The van der Waals surface area contributed by atoms with E-state index in [0.29, 0.717) is 17.1 Å². The van der Waals surface area contributed by atoms with Crippen molar-refractivity contribution in [3.8, 4) is 11.3 Å². The molecule has 2 aliphatic rings. The predicted octanol–water partition coefficient (Wildman–Crippen LogP) is 3.19. The Morgan fingerprint density at radius 3 is 2.56 bits per heavy atom. The number of likely N-dealkylation sites (tertiary alicyclic amines) is 1. The topological polar surface area (TPSA) is 58.1 Å². The lowest BCUT2D eigenvalue weighted by molar-refractivity contribution is -0.137. The first-order valence-electron chi connectivity index (χ1n) is 8.82. The highest BCUT2D eigenvalue weighted by atomic mass is 19.4. The molecule has 1 aromatic carbocycles. The molecule has 2 fully saturated rings. The van der Waals surface area contributed by atoms with Crippen molar-refractivity contribution >= 4 is 5.91 Å². The van der Waals surface area contributed by atoms with E-state index in [9.17, 15) is 18.0 Å². The van der Waals surface area contributed by atoms with Crippen LogP contribution >= 0.6 is 0 Å². The molecule has 0 radical (unpaired) electrons. The molecule has 2 aliphatic heterocycles. The maximum absolute atomic E-state index is 12.7. The third kappa shape index (κ3) is 3.18.